The topological polar surface area (TPSA) is 89.6 Å². The number of nitrogens with two attached hydrogens (primary N) is 1. The Morgan fingerprint density at radius 3 is 2.92 bits per heavy atom. The van der Waals surface area contributed by atoms with Crippen molar-refractivity contribution in [1.82, 2.24) is 4.98 Å². The number of nitrogen functional groups attached to an aromatic ring is 1. The molecule has 2 fully saturated rings. The lowest BCUT2D eigenvalue weighted by atomic mass is 9.71. The fraction of sp³-hybridized carbons (Fsp3) is 0.350. The summed E-state index contributed by atoms with van der Waals surface area (Å²) in [5.74, 6) is 0.423. The maximum atomic E-state index is 13.4. The summed E-state index contributed by atoms with van der Waals surface area (Å²) in [5.41, 5.74) is 8.01. The quantitative estimate of drug-likeness (QED) is 0.835. The van der Waals surface area contributed by atoms with Crippen LogP contribution in [0.3, 0.4) is 0 Å². The van der Waals surface area contributed by atoms with Crippen LogP contribution in [0, 0.1) is 17.8 Å². The molecule has 4 unspecified atom stereocenters. The fourth-order valence-electron chi connectivity index (χ4n) is 5.00. The van der Waals surface area contributed by atoms with Gasteiger partial charge in [0, 0.05) is 23.9 Å². The van der Waals surface area contributed by atoms with E-state index >= 15 is 0 Å². The number of aromatic nitrogens is 1. The zero-order chi connectivity index (χ0) is 17.7. The van der Waals surface area contributed by atoms with Crippen LogP contribution in [0.2, 0.25) is 0 Å². The summed E-state index contributed by atoms with van der Waals surface area (Å²) in [7, 11) is 0. The summed E-state index contributed by atoms with van der Waals surface area (Å²) in [6, 6.07) is 11.1. The van der Waals surface area contributed by atoms with E-state index in [1.54, 1.807) is 18.5 Å². The lowest BCUT2D eigenvalue weighted by molar-refractivity contribution is -0.149. The molecule has 4 atom stereocenters. The highest BCUT2D eigenvalue weighted by molar-refractivity contribution is 6.11. The van der Waals surface area contributed by atoms with E-state index in [0.29, 0.717) is 17.3 Å². The van der Waals surface area contributed by atoms with E-state index < -0.39 is 5.60 Å². The van der Waals surface area contributed by atoms with Gasteiger partial charge in [-0.05, 0) is 49.4 Å². The summed E-state index contributed by atoms with van der Waals surface area (Å²) < 4.78 is 0. The van der Waals surface area contributed by atoms with Gasteiger partial charge in [0.2, 0.25) is 5.60 Å². The molecule has 2 aromatic rings. The molecule has 0 radical (unpaired) electrons. The molecule has 0 spiro atoms. The van der Waals surface area contributed by atoms with Crippen LogP contribution < -0.4 is 11.1 Å². The van der Waals surface area contributed by atoms with Gasteiger partial charge < -0.3 is 15.9 Å². The van der Waals surface area contributed by atoms with Crippen molar-refractivity contribution in [2.75, 3.05) is 11.1 Å². The predicted molar refractivity (Wildman–Crippen MR) is 98.4 cm³/mol. The van der Waals surface area contributed by atoms with Crippen molar-refractivity contribution in [3.8, 4) is 0 Å². The molecule has 2 heterocycles. The molecule has 6 nitrogen and oxygen atoms in total. The number of nitrogens with zero attached hydrogens (tertiary/aromatic N) is 2. The van der Waals surface area contributed by atoms with Gasteiger partial charge in [-0.3, -0.25) is 9.78 Å². The molecule has 3 aliphatic rings. The Kier molecular flexibility index (Phi) is 3.29. The largest absolute Gasteiger partial charge is 0.397 e. The Labute approximate surface area is 151 Å². The molecule has 2 bridgehead atoms. The molecule has 1 aromatic heterocycles. The van der Waals surface area contributed by atoms with Gasteiger partial charge in [0.25, 0.3) is 5.91 Å². The third-order valence-electron chi connectivity index (χ3n) is 6.12. The van der Waals surface area contributed by atoms with Crippen LogP contribution in [-0.2, 0) is 9.63 Å². The Bertz CT molecular complexity index is 898. The van der Waals surface area contributed by atoms with Crippen LogP contribution in [0.15, 0.2) is 53.9 Å². The number of rotatable bonds is 3. The number of hydrogen-bond acceptors (Lipinski definition) is 5. The molecule has 0 saturated heterocycles. The second-order valence-electron chi connectivity index (χ2n) is 7.39. The first-order chi connectivity index (χ1) is 12.7. The van der Waals surface area contributed by atoms with E-state index in [1.807, 2.05) is 30.3 Å². The van der Waals surface area contributed by atoms with Crippen molar-refractivity contribution in [2.45, 2.75) is 24.9 Å². The first-order valence-electron chi connectivity index (χ1n) is 9.02. The minimum Gasteiger partial charge on any atom is -0.397 e. The SMILES string of the molecule is Nc1ccccc1NC(=O)C12ON=C(c3cccnc3)C1C1CCC2C1. The number of nitrogens with one attached hydrogen (secondary N) is 1. The maximum absolute atomic E-state index is 13.4. The van der Waals surface area contributed by atoms with Crippen molar-refractivity contribution in [1.29, 1.82) is 0 Å². The molecule has 3 N–H and O–H groups in total. The molecule has 1 amide bonds. The van der Waals surface area contributed by atoms with Gasteiger partial charge in [-0.15, -0.1) is 0 Å². The summed E-state index contributed by atoms with van der Waals surface area (Å²) in [4.78, 5) is 23.5. The van der Waals surface area contributed by atoms with Crippen molar-refractivity contribution in [3.05, 3.63) is 54.4 Å². The highest BCUT2D eigenvalue weighted by atomic mass is 16.7. The molecule has 26 heavy (non-hydrogen) atoms. The van der Waals surface area contributed by atoms with Gasteiger partial charge in [0.15, 0.2) is 0 Å². The number of oxime groups is 1. The Morgan fingerprint density at radius 1 is 1.23 bits per heavy atom. The minimum atomic E-state index is -0.934. The van der Waals surface area contributed by atoms with Crippen LogP contribution in [0.25, 0.3) is 0 Å². The Balaban J connectivity index is 1.51. The number of fused-ring (bicyclic) bond motifs is 5. The third-order valence-corrected chi connectivity index (χ3v) is 6.12. The number of carbonyl (C=O) groups excluding carboxylic acids is 1. The lowest BCUT2D eigenvalue weighted by Gasteiger charge is -2.35. The van der Waals surface area contributed by atoms with Crippen LogP contribution in [0.4, 0.5) is 11.4 Å². The highest BCUT2D eigenvalue weighted by Crippen LogP contribution is 2.60. The molecule has 6 heteroatoms. The first kappa shape index (κ1) is 15.4. The molecular weight excluding hydrogens is 328 g/mol. The van der Waals surface area contributed by atoms with Crippen LogP contribution in [-0.4, -0.2) is 22.2 Å². The van der Waals surface area contributed by atoms with Crippen LogP contribution >= 0.6 is 0 Å². The second kappa shape index (κ2) is 5.56. The Morgan fingerprint density at radius 2 is 2.12 bits per heavy atom. The highest BCUT2D eigenvalue weighted by Gasteiger charge is 2.69. The number of carbonyl (C=O) groups is 1. The summed E-state index contributed by atoms with van der Waals surface area (Å²) in [6.07, 6.45) is 6.63. The van der Waals surface area contributed by atoms with E-state index in [2.05, 4.69) is 15.5 Å². The van der Waals surface area contributed by atoms with Crippen molar-refractivity contribution in [3.63, 3.8) is 0 Å². The van der Waals surface area contributed by atoms with E-state index in [4.69, 9.17) is 10.6 Å². The average Bonchev–Trinajstić information content (AvgIpc) is 3.36. The molecule has 132 valence electrons. The van der Waals surface area contributed by atoms with Crippen molar-refractivity contribution >= 4 is 23.0 Å². The van der Waals surface area contributed by atoms with Gasteiger partial charge in [-0.2, -0.15) is 0 Å². The standard InChI is InChI=1S/C20H20N4O2/c21-15-5-1-2-6-16(15)23-19(25)20-14-8-7-12(10-14)17(20)18(24-26-20)13-4-3-9-22-11-13/h1-6,9,11-12,14,17H,7-8,10,21H2,(H,23,25). The van der Waals surface area contributed by atoms with Crippen molar-refractivity contribution < 1.29 is 9.63 Å². The zero-order valence-electron chi connectivity index (χ0n) is 14.3. The molecule has 5 rings (SSSR count). The smallest absolute Gasteiger partial charge is 0.272 e. The summed E-state index contributed by atoms with van der Waals surface area (Å²) in [5, 5.41) is 7.37. The van der Waals surface area contributed by atoms with Crippen LogP contribution in [0.5, 0.6) is 0 Å². The normalized spacial score (nSPS) is 31.2. The summed E-state index contributed by atoms with van der Waals surface area (Å²) >= 11 is 0. The zero-order valence-corrected chi connectivity index (χ0v) is 14.3. The van der Waals surface area contributed by atoms with Gasteiger partial charge >= 0.3 is 0 Å². The number of hydrogen-bond donors (Lipinski definition) is 2. The predicted octanol–water partition coefficient (Wildman–Crippen LogP) is 2.82. The monoisotopic (exact) mass is 348 g/mol. The first-order valence-corrected chi connectivity index (χ1v) is 9.02. The third kappa shape index (κ3) is 2.01. The molecular formula is C20H20N4O2. The number of pyridine rings is 1. The van der Waals surface area contributed by atoms with E-state index in [9.17, 15) is 4.79 Å². The number of para-hydroxylation sites is 2. The van der Waals surface area contributed by atoms with Gasteiger partial charge in [-0.1, -0.05) is 17.3 Å². The Hall–Kier alpha value is -2.89. The van der Waals surface area contributed by atoms with Gasteiger partial charge in [0.05, 0.1) is 23.0 Å². The average molecular weight is 348 g/mol. The number of anilines is 2. The lowest BCUT2D eigenvalue weighted by Crippen LogP contribution is -2.53. The molecule has 1 aromatic carbocycles. The van der Waals surface area contributed by atoms with Crippen molar-refractivity contribution in [2.24, 2.45) is 22.9 Å². The minimum absolute atomic E-state index is 0.0320. The van der Waals surface area contributed by atoms with E-state index in [0.717, 1.165) is 30.5 Å². The van der Waals surface area contributed by atoms with Gasteiger partial charge in [-0.25, -0.2) is 0 Å². The van der Waals surface area contributed by atoms with E-state index in [-0.39, 0.29) is 17.7 Å². The molecule has 2 aliphatic carbocycles. The molecule has 2 saturated carbocycles. The van der Waals surface area contributed by atoms with Gasteiger partial charge in [0.1, 0.15) is 0 Å². The second-order valence-corrected chi connectivity index (χ2v) is 7.39. The van der Waals surface area contributed by atoms with E-state index in [1.165, 1.54) is 0 Å². The fourth-order valence-corrected chi connectivity index (χ4v) is 5.00. The number of amides is 1. The maximum Gasteiger partial charge on any atom is 0.272 e. The number of benzene rings is 1. The van der Waals surface area contributed by atoms with Crippen LogP contribution in [0.1, 0.15) is 24.8 Å². The molecule has 1 aliphatic heterocycles. The summed E-state index contributed by atoms with van der Waals surface area (Å²) in [6.45, 7) is 0.